The lowest BCUT2D eigenvalue weighted by molar-refractivity contribution is -0.00240. The summed E-state index contributed by atoms with van der Waals surface area (Å²) in [5.41, 5.74) is -0.456. The van der Waals surface area contributed by atoms with Gasteiger partial charge in [-0.3, -0.25) is 4.90 Å². The van der Waals surface area contributed by atoms with Gasteiger partial charge >= 0.3 is 6.09 Å². The minimum Gasteiger partial charge on any atom is -0.444 e. The predicted octanol–water partition coefficient (Wildman–Crippen LogP) is 0.936. The van der Waals surface area contributed by atoms with E-state index in [1.54, 1.807) is 4.90 Å². The first-order chi connectivity index (χ1) is 9.31. The Kier molecular flexibility index (Phi) is 6.71. The Labute approximate surface area is 121 Å². The van der Waals surface area contributed by atoms with Crippen LogP contribution < -0.4 is 0 Å². The van der Waals surface area contributed by atoms with Gasteiger partial charge in [-0.15, -0.1) is 0 Å². The van der Waals surface area contributed by atoms with Gasteiger partial charge in [-0.25, -0.2) is 4.79 Å². The van der Waals surface area contributed by atoms with Gasteiger partial charge in [0, 0.05) is 39.3 Å². The second kappa shape index (κ2) is 7.81. The predicted molar refractivity (Wildman–Crippen MR) is 76.7 cm³/mol. The van der Waals surface area contributed by atoms with Crippen LogP contribution in [0.5, 0.6) is 0 Å². The lowest BCUT2D eigenvalue weighted by Gasteiger charge is -2.36. The van der Waals surface area contributed by atoms with Gasteiger partial charge in [0.05, 0.1) is 12.7 Å². The van der Waals surface area contributed by atoms with E-state index in [-0.39, 0.29) is 6.09 Å². The van der Waals surface area contributed by atoms with Gasteiger partial charge in [0.15, 0.2) is 0 Å². The number of ether oxygens (including phenoxy) is 2. The summed E-state index contributed by atoms with van der Waals surface area (Å²) < 4.78 is 10.5. The Bertz CT molecular complexity index is 296. The van der Waals surface area contributed by atoms with Crippen molar-refractivity contribution >= 4 is 6.09 Å². The molecule has 0 radical (unpaired) electrons. The molecular formula is C14H28N2O4. The summed E-state index contributed by atoms with van der Waals surface area (Å²) in [6.45, 7) is 11.8. The average molecular weight is 288 g/mol. The number of hydrogen-bond acceptors (Lipinski definition) is 5. The summed E-state index contributed by atoms with van der Waals surface area (Å²) in [5.74, 6) is 0. The highest BCUT2D eigenvalue weighted by Gasteiger charge is 2.26. The quantitative estimate of drug-likeness (QED) is 0.815. The zero-order valence-electron chi connectivity index (χ0n) is 13.1. The zero-order chi connectivity index (χ0) is 15.2. The molecule has 1 amide bonds. The van der Waals surface area contributed by atoms with E-state index in [0.29, 0.717) is 32.8 Å². The van der Waals surface area contributed by atoms with Crippen LogP contribution in [-0.2, 0) is 9.47 Å². The van der Waals surface area contributed by atoms with Gasteiger partial charge in [0.1, 0.15) is 5.60 Å². The number of piperazine rings is 1. The molecule has 1 fully saturated rings. The second-order valence-corrected chi connectivity index (χ2v) is 6.08. The van der Waals surface area contributed by atoms with E-state index >= 15 is 0 Å². The van der Waals surface area contributed by atoms with Crippen molar-refractivity contribution in [2.24, 2.45) is 0 Å². The summed E-state index contributed by atoms with van der Waals surface area (Å²) >= 11 is 0. The number of nitrogens with zero attached hydrogens (tertiary/aromatic N) is 2. The number of rotatable bonds is 5. The molecule has 20 heavy (non-hydrogen) atoms. The normalized spacial score (nSPS) is 18.9. The minimum atomic E-state index is -0.469. The molecule has 6 nitrogen and oxygen atoms in total. The maximum atomic E-state index is 11.9. The van der Waals surface area contributed by atoms with Crippen LogP contribution in [0.3, 0.4) is 0 Å². The highest BCUT2D eigenvalue weighted by Crippen LogP contribution is 2.12. The van der Waals surface area contributed by atoms with Gasteiger partial charge in [0.25, 0.3) is 0 Å². The van der Waals surface area contributed by atoms with Crippen LogP contribution in [0.4, 0.5) is 4.79 Å². The van der Waals surface area contributed by atoms with Gasteiger partial charge < -0.3 is 19.5 Å². The monoisotopic (exact) mass is 288 g/mol. The third kappa shape index (κ3) is 6.54. The number of aliphatic hydroxyl groups excluding tert-OH is 1. The van der Waals surface area contributed by atoms with Crippen LogP contribution in [0.2, 0.25) is 0 Å². The van der Waals surface area contributed by atoms with Crippen molar-refractivity contribution in [2.45, 2.75) is 39.4 Å². The number of β-amino-alcohol motifs (C(OH)–C–C–N with tert-alkyl or cyclic N) is 1. The maximum Gasteiger partial charge on any atom is 0.410 e. The van der Waals surface area contributed by atoms with Crippen molar-refractivity contribution in [3.63, 3.8) is 0 Å². The van der Waals surface area contributed by atoms with Gasteiger partial charge in [0.2, 0.25) is 0 Å². The summed E-state index contributed by atoms with van der Waals surface area (Å²) in [6, 6.07) is 0. The lowest BCUT2D eigenvalue weighted by atomic mass is 10.2. The minimum absolute atomic E-state index is 0.257. The van der Waals surface area contributed by atoms with Crippen molar-refractivity contribution in [3.05, 3.63) is 0 Å². The fourth-order valence-electron chi connectivity index (χ4n) is 2.04. The van der Waals surface area contributed by atoms with Crippen molar-refractivity contribution in [3.8, 4) is 0 Å². The van der Waals surface area contributed by atoms with E-state index in [1.165, 1.54) is 0 Å². The fourth-order valence-corrected chi connectivity index (χ4v) is 2.04. The largest absolute Gasteiger partial charge is 0.444 e. The van der Waals surface area contributed by atoms with Gasteiger partial charge in [-0.1, -0.05) is 0 Å². The molecule has 1 unspecified atom stereocenters. The van der Waals surface area contributed by atoms with Crippen molar-refractivity contribution in [1.82, 2.24) is 9.80 Å². The Balaban J connectivity index is 2.27. The molecule has 0 saturated carbocycles. The highest BCUT2D eigenvalue weighted by atomic mass is 16.6. The number of carbonyl (C=O) groups excluding carboxylic acids is 1. The zero-order valence-corrected chi connectivity index (χ0v) is 13.1. The molecule has 1 aliphatic rings. The Morgan fingerprint density at radius 3 is 2.35 bits per heavy atom. The second-order valence-electron chi connectivity index (χ2n) is 6.08. The maximum absolute atomic E-state index is 11.9. The van der Waals surface area contributed by atoms with Crippen LogP contribution in [0.1, 0.15) is 27.7 Å². The van der Waals surface area contributed by atoms with Crippen molar-refractivity contribution in [2.75, 3.05) is 45.9 Å². The van der Waals surface area contributed by atoms with Crippen LogP contribution in [0.25, 0.3) is 0 Å². The molecule has 1 atom stereocenters. The highest BCUT2D eigenvalue weighted by molar-refractivity contribution is 5.68. The van der Waals surface area contributed by atoms with E-state index in [1.807, 2.05) is 27.7 Å². The summed E-state index contributed by atoms with van der Waals surface area (Å²) in [6.07, 6.45) is -0.727. The molecular weight excluding hydrogens is 260 g/mol. The lowest BCUT2D eigenvalue weighted by Crippen LogP contribution is -2.51. The van der Waals surface area contributed by atoms with Crippen molar-refractivity contribution in [1.29, 1.82) is 0 Å². The summed E-state index contributed by atoms with van der Waals surface area (Å²) in [7, 11) is 0. The van der Waals surface area contributed by atoms with Crippen LogP contribution in [0.15, 0.2) is 0 Å². The smallest absolute Gasteiger partial charge is 0.410 e. The number of amides is 1. The average Bonchev–Trinajstić information content (AvgIpc) is 2.35. The van der Waals surface area contributed by atoms with E-state index in [2.05, 4.69) is 4.90 Å². The molecule has 1 saturated heterocycles. The Hall–Kier alpha value is -0.850. The third-order valence-electron chi connectivity index (χ3n) is 3.01. The van der Waals surface area contributed by atoms with Crippen LogP contribution in [0, 0.1) is 0 Å². The van der Waals surface area contributed by atoms with E-state index in [9.17, 15) is 9.90 Å². The third-order valence-corrected chi connectivity index (χ3v) is 3.01. The first-order valence-corrected chi connectivity index (χ1v) is 7.28. The SMILES string of the molecule is CCOCC(O)CN1CCN(C(=O)OC(C)(C)C)CC1. The molecule has 0 spiro atoms. The summed E-state index contributed by atoms with van der Waals surface area (Å²) in [5, 5.41) is 9.79. The molecule has 1 aliphatic heterocycles. The Morgan fingerprint density at radius 2 is 1.85 bits per heavy atom. The van der Waals surface area contributed by atoms with Crippen LogP contribution in [-0.4, -0.2) is 78.6 Å². The first-order valence-electron chi connectivity index (χ1n) is 7.28. The molecule has 1 N–H and O–H groups in total. The van der Waals surface area contributed by atoms with Gasteiger partial charge in [-0.2, -0.15) is 0 Å². The standard InChI is InChI=1S/C14H28N2O4/c1-5-19-11-12(17)10-15-6-8-16(9-7-15)13(18)20-14(2,3)4/h12,17H,5-11H2,1-4H3. The molecule has 1 heterocycles. The number of hydrogen-bond donors (Lipinski definition) is 1. The molecule has 0 bridgehead atoms. The number of carbonyl (C=O) groups is 1. The first kappa shape index (κ1) is 17.2. The molecule has 0 aromatic heterocycles. The van der Waals surface area contributed by atoms with E-state index < -0.39 is 11.7 Å². The molecule has 0 aromatic rings. The topological polar surface area (TPSA) is 62.2 Å². The van der Waals surface area contributed by atoms with Crippen molar-refractivity contribution < 1.29 is 19.4 Å². The molecule has 0 aromatic carbocycles. The molecule has 118 valence electrons. The van der Waals surface area contributed by atoms with E-state index in [4.69, 9.17) is 9.47 Å². The Morgan fingerprint density at radius 1 is 1.25 bits per heavy atom. The summed E-state index contributed by atoms with van der Waals surface area (Å²) in [4.78, 5) is 15.8. The fraction of sp³-hybridized carbons (Fsp3) is 0.929. The number of aliphatic hydroxyl groups is 1. The molecule has 1 rings (SSSR count). The molecule has 0 aliphatic carbocycles. The molecule has 6 heteroatoms. The van der Waals surface area contributed by atoms with Gasteiger partial charge in [-0.05, 0) is 27.7 Å². The van der Waals surface area contributed by atoms with Crippen LogP contribution >= 0.6 is 0 Å². The van der Waals surface area contributed by atoms with E-state index in [0.717, 1.165) is 13.1 Å².